The Labute approximate surface area is 438 Å². The number of hydrogen-bond donors (Lipinski definition) is 3. The molecule has 4 unspecified atom stereocenters. The van der Waals surface area contributed by atoms with Crippen LogP contribution in [0.1, 0.15) is 69.8 Å². The summed E-state index contributed by atoms with van der Waals surface area (Å²) >= 11 is 14.0. The lowest BCUT2D eigenvalue weighted by atomic mass is 9.80. The SMILES string of the molecule is CCn1c(=O)c(-c2ccc(-c3c[n+](C4CC(CCN(C)C)CCC4Nc4ncc5cc(-c6ccc(-c7cncc(C)n7)cc6Cl)c(=O)n(CC)c5n4)cc(C)n3)cc2Cl)cc2cnc(NC3CCCNC3=O)nc21. The number of anilines is 2. The third-order valence-electron chi connectivity index (χ3n) is 14.3. The molecule has 1 saturated heterocycles. The zero-order valence-electron chi connectivity index (χ0n) is 42.4. The summed E-state index contributed by atoms with van der Waals surface area (Å²) < 4.78 is 5.55. The summed E-state index contributed by atoms with van der Waals surface area (Å²) in [6.45, 7) is 10.1. The summed E-state index contributed by atoms with van der Waals surface area (Å²) in [7, 11) is 4.22. The monoisotopic (exact) mass is 1030 g/mol. The van der Waals surface area contributed by atoms with Crippen LogP contribution in [0.4, 0.5) is 11.9 Å². The van der Waals surface area contributed by atoms with Crippen LogP contribution in [-0.2, 0) is 17.9 Å². The van der Waals surface area contributed by atoms with Crippen molar-refractivity contribution in [2.75, 3.05) is 37.8 Å². The van der Waals surface area contributed by atoms with E-state index in [4.69, 9.17) is 38.2 Å². The fraction of sp³-hybridized carbons (Fsp3) is 0.364. The number of amides is 1. The van der Waals surface area contributed by atoms with Crippen LogP contribution in [0.3, 0.4) is 0 Å². The van der Waals surface area contributed by atoms with Gasteiger partial charge in [0, 0.05) is 98.8 Å². The van der Waals surface area contributed by atoms with Gasteiger partial charge in [-0.15, -0.1) is 0 Å². The molecule has 74 heavy (non-hydrogen) atoms. The zero-order chi connectivity index (χ0) is 51.8. The van der Waals surface area contributed by atoms with E-state index in [1.54, 1.807) is 40.0 Å². The first kappa shape index (κ1) is 50.3. The van der Waals surface area contributed by atoms with Gasteiger partial charge < -0.3 is 20.9 Å². The highest BCUT2D eigenvalue weighted by atomic mass is 35.5. The van der Waals surface area contributed by atoms with E-state index in [2.05, 4.69) is 71.8 Å². The summed E-state index contributed by atoms with van der Waals surface area (Å²) in [4.78, 5) is 76.0. The van der Waals surface area contributed by atoms with Gasteiger partial charge in [0.25, 0.3) is 11.1 Å². The van der Waals surface area contributed by atoms with Crippen molar-refractivity contribution in [1.82, 2.24) is 54.2 Å². The quantitative estimate of drug-likeness (QED) is 0.0879. The largest absolute Gasteiger partial charge is 0.354 e. The summed E-state index contributed by atoms with van der Waals surface area (Å²) in [5.41, 5.74) is 7.33. The molecule has 10 rings (SSSR count). The number of hydrogen-bond acceptors (Lipinski definition) is 13. The number of aromatic nitrogens is 10. The minimum atomic E-state index is -0.439. The molecule has 2 fully saturated rings. The molecule has 2 aliphatic rings. The van der Waals surface area contributed by atoms with Crippen molar-refractivity contribution in [3.8, 4) is 44.8 Å². The topological polar surface area (TPSA) is 195 Å². The van der Waals surface area contributed by atoms with Crippen molar-refractivity contribution in [2.45, 2.75) is 97.4 Å². The average Bonchev–Trinajstić information content (AvgIpc) is 3.39. The first-order valence-corrected chi connectivity index (χ1v) is 26.1. The number of fused-ring (bicyclic) bond motifs is 2. The Morgan fingerprint density at radius 3 is 1.89 bits per heavy atom. The molecular formula is C55H59Cl2N14O3+. The van der Waals surface area contributed by atoms with Crippen LogP contribution >= 0.6 is 23.2 Å². The maximum absolute atomic E-state index is 14.3. The van der Waals surface area contributed by atoms with Crippen molar-refractivity contribution < 1.29 is 9.36 Å². The van der Waals surface area contributed by atoms with Crippen molar-refractivity contribution in [3.63, 3.8) is 0 Å². The maximum atomic E-state index is 14.3. The second kappa shape index (κ2) is 21.3. The van der Waals surface area contributed by atoms with E-state index in [1.165, 1.54) is 0 Å². The zero-order valence-corrected chi connectivity index (χ0v) is 43.9. The number of piperidine rings is 1. The normalized spacial score (nSPS) is 18.0. The van der Waals surface area contributed by atoms with Crippen LogP contribution in [0.2, 0.25) is 10.0 Å². The molecule has 1 amide bonds. The van der Waals surface area contributed by atoms with Gasteiger partial charge in [-0.3, -0.25) is 28.5 Å². The molecule has 0 radical (unpaired) electrons. The van der Waals surface area contributed by atoms with Crippen LogP contribution in [0.15, 0.2) is 95.3 Å². The minimum Gasteiger partial charge on any atom is -0.354 e. The molecule has 17 nitrogen and oxygen atoms in total. The molecule has 1 saturated carbocycles. The van der Waals surface area contributed by atoms with Crippen LogP contribution in [0, 0.1) is 19.8 Å². The van der Waals surface area contributed by atoms with Gasteiger partial charge in [0.15, 0.2) is 18.4 Å². The third-order valence-corrected chi connectivity index (χ3v) is 14.9. The molecular weight excluding hydrogens is 976 g/mol. The standard InChI is InChI=1S/C55H58Cl2N14O3/c1-7-70-49-36(21-40(52(70)73)38-14-12-34(23-42(38)56)46-28-58-25-31(3)62-46)26-60-54(66-49)64-44-16-11-33(17-19-68(5)6)20-48(44)69-29-32(4)63-47(30-69)35-13-15-39(43(57)24-35)41-22-37-27-61-55(65-45-10-9-18-59-51(45)72)67-50(37)71(8-2)53(41)74/h12-15,21-30,33,44-45,48H,7-11,16-20H2,1-6H3,(H2-,59,60,61,62,63,64,65,66,67,72,73,74)/p+1. The van der Waals surface area contributed by atoms with E-state index < -0.39 is 6.04 Å². The maximum Gasteiger partial charge on any atom is 0.260 e. The molecule has 4 atom stereocenters. The highest BCUT2D eigenvalue weighted by Crippen LogP contribution is 2.36. The number of halogens is 2. The predicted octanol–water partition coefficient (Wildman–Crippen LogP) is 8.46. The van der Waals surface area contributed by atoms with E-state index in [0.29, 0.717) is 104 Å². The fourth-order valence-corrected chi connectivity index (χ4v) is 11.0. The van der Waals surface area contributed by atoms with Crippen LogP contribution in [0.5, 0.6) is 0 Å². The van der Waals surface area contributed by atoms with Gasteiger partial charge in [0.2, 0.25) is 17.8 Å². The Morgan fingerprint density at radius 2 is 1.31 bits per heavy atom. The molecule has 380 valence electrons. The number of nitrogens with one attached hydrogen (secondary N) is 3. The van der Waals surface area contributed by atoms with Gasteiger partial charge in [-0.25, -0.2) is 19.9 Å². The van der Waals surface area contributed by atoms with E-state index >= 15 is 0 Å². The summed E-state index contributed by atoms with van der Waals surface area (Å²) in [5, 5.41) is 12.0. The van der Waals surface area contributed by atoms with Gasteiger partial charge >= 0.3 is 0 Å². The lowest BCUT2D eigenvalue weighted by Gasteiger charge is -2.33. The Bertz CT molecular complexity index is 3580. The number of aryl methyl sites for hydroxylation is 4. The number of carbonyl (C=O) groups is 1. The van der Waals surface area contributed by atoms with Gasteiger partial charge in [0.05, 0.1) is 23.6 Å². The van der Waals surface area contributed by atoms with E-state index in [0.717, 1.165) is 66.9 Å². The highest BCUT2D eigenvalue weighted by molar-refractivity contribution is 6.34. The average molecular weight is 1040 g/mol. The van der Waals surface area contributed by atoms with Crippen molar-refractivity contribution in [2.24, 2.45) is 5.92 Å². The number of carbonyl (C=O) groups excluding carboxylic acids is 1. The number of nitrogens with zero attached hydrogens (tertiary/aromatic N) is 11. The van der Waals surface area contributed by atoms with Gasteiger partial charge in [-0.1, -0.05) is 47.5 Å². The Morgan fingerprint density at radius 1 is 0.703 bits per heavy atom. The second-order valence-electron chi connectivity index (χ2n) is 19.7. The second-order valence-corrected chi connectivity index (χ2v) is 20.5. The van der Waals surface area contributed by atoms with E-state index in [1.807, 2.05) is 70.2 Å². The van der Waals surface area contributed by atoms with Crippen molar-refractivity contribution in [1.29, 1.82) is 0 Å². The van der Waals surface area contributed by atoms with Crippen LogP contribution < -0.4 is 31.6 Å². The Hall–Kier alpha value is -7.21. The Kier molecular flexibility index (Phi) is 14.5. The molecule has 1 aliphatic carbocycles. The van der Waals surface area contributed by atoms with Gasteiger partial charge in [-0.2, -0.15) is 14.5 Å². The molecule has 19 heteroatoms. The summed E-state index contributed by atoms with van der Waals surface area (Å²) in [6.07, 6.45) is 16.4. The highest BCUT2D eigenvalue weighted by Gasteiger charge is 2.38. The molecule has 3 N–H and O–H groups in total. The van der Waals surface area contributed by atoms with E-state index in [-0.39, 0.29) is 29.1 Å². The van der Waals surface area contributed by atoms with Gasteiger partial charge in [-0.05, 0) is 111 Å². The number of benzene rings is 2. The first-order chi connectivity index (χ1) is 35.7. The molecule has 7 heterocycles. The van der Waals surface area contributed by atoms with Crippen LogP contribution in [0.25, 0.3) is 66.8 Å². The Balaban J connectivity index is 0.940. The lowest BCUT2D eigenvalue weighted by molar-refractivity contribution is -0.727. The number of rotatable bonds is 14. The minimum absolute atomic E-state index is 0.0000831. The molecule has 0 bridgehead atoms. The van der Waals surface area contributed by atoms with Crippen LogP contribution in [-0.4, -0.2) is 94.1 Å². The van der Waals surface area contributed by atoms with E-state index in [9.17, 15) is 14.4 Å². The van der Waals surface area contributed by atoms with Crippen molar-refractivity contribution >= 4 is 63.1 Å². The molecule has 2 aromatic carbocycles. The molecule has 8 aromatic rings. The van der Waals surface area contributed by atoms with Crippen molar-refractivity contribution in [3.05, 3.63) is 128 Å². The molecule has 0 spiro atoms. The first-order valence-electron chi connectivity index (χ1n) is 25.3. The third kappa shape index (κ3) is 10.3. The summed E-state index contributed by atoms with van der Waals surface area (Å²) in [5.74, 6) is 1.12. The van der Waals surface area contributed by atoms with Gasteiger partial charge in [0.1, 0.15) is 28.7 Å². The molecule has 1 aliphatic heterocycles. The fourth-order valence-electron chi connectivity index (χ4n) is 10.5. The lowest BCUT2D eigenvalue weighted by Crippen LogP contribution is -2.52. The number of pyridine rings is 2. The predicted molar refractivity (Wildman–Crippen MR) is 290 cm³/mol. The molecule has 6 aromatic heterocycles. The summed E-state index contributed by atoms with van der Waals surface area (Å²) in [6, 6.07) is 14.4. The smallest absolute Gasteiger partial charge is 0.260 e.